The first kappa shape index (κ1) is 14.7. The number of carbonyl (C=O) groups excluding carboxylic acids is 1. The van der Waals surface area contributed by atoms with Gasteiger partial charge in [-0.05, 0) is 32.3 Å². The van der Waals surface area contributed by atoms with E-state index in [2.05, 4.69) is 0 Å². The van der Waals surface area contributed by atoms with Crippen LogP contribution in [-0.2, 0) is 4.79 Å². The van der Waals surface area contributed by atoms with Crippen molar-refractivity contribution in [2.45, 2.75) is 31.9 Å². The number of rotatable bonds is 6. The largest absolute Gasteiger partial charge is 0.389 e. The van der Waals surface area contributed by atoms with Crippen LogP contribution in [0.15, 0.2) is 0 Å². The van der Waals surface area contributed by atoms with Gasteiger partial charge in [-0.15, -0.1) is 0 Å². The van der Waals surface area contributed by atoms with Crippen LogP contribution in [0, 0.1) is 0 Å². The van der Waals surface area contributed by atoms with Gasteiger partial charge in [-0.1, -0.05) is 0 Å². The van der Waals surface area contributed by atoms with Crippen molar-refractivity contribution in [3.05, 3.63) is 0 Å². The Bertz CT molecular complexity index is 204. The molecule has 5 heteroatoms. The zero-order chi connectivity index (χ0) is 12.1. The lowest BCUT2D eigenvalue weighted by molar-refractivity contribution is -0.133. The summed E-state index contributed by atoms with van der Waals surface area (Å²) in [6.45, 7) is 3.65. The molecular formula is C10H22N2O2S. The van der Waals surface area contributed by atoms with Crippen molar-refractivity contribution in [2.24, 2.45) is 5.73 Å². The minimum Gasteiger partial charge on any atom is -0.389 e. The van der Waals surface area contributed by atoms with Crippen LogP contribution in [0.4, 0.5) is 0 Å². The van der Waals surface area contributed by atoms with Crippen LogP contribution in [0.2, 0.25) is 0 Å². The Balaban J connectivity index is 4.08. The molecule has 0 spiro atoms. The molecule has 0 aromatic carbocycles. The lowest BCUT2D eigenvalue weighted by atomic mass is 10.1. The van der Waals surface area contributed by atoms with E-state index in [-0.39, 0.29) is 5.91 Å². The number of amides is 1. The van der Waals surface area contributed by atoms with Crippen LogP contribution in [0.5, 0.6) is 0 Å². The number of hydrogen-bond donors (Lipinski definition) is 2. The first-order valence-corrected chi connectivity index (χ1v) is 6.39. The second-order valence-electron chi connectivity index (χ2n) is 4.39. The average Bonchev–Trinajstić information content (AvgIpc) is 2.10. The predicted molar refractivity (Wildman–Crippen MR) is 64.9 cm³/mol. The van der Waals surface area contributed by atoms with Crippen LogP contribution < -0.4 is 5.73 Å². The Hall–Kier alpha value is -0.260. The van der Waals surface area contributed by atoms with Crippen LogP contribution in [0.3, 0.4) is 0 Å². The van der Waals surface area contributed by atoms with Crippen molar-refractivity contribution in [1.29, 1.82) is 0 Å². The van der Waals surface area contributed by atoms with Gasteiger partial charge >= 0.3 is 0 Å². The smallest absolute Gasteiger partial charge is 0.239 e. The maximum Gasteiger partial charge on any atom is 0.239 e. The molecule has 0 fully saturated rings. The molecule has 0 rings (SSSR count). The molecule has 1 atom stereocenters. The highest BCUT2D eigenvalue weighted by Gasteiger charge is 2.22. The molecule has 90 valence electrons. The fourth-order valence-electron chi connectivity index (χ4n) is 1.31. The van der Waals surface area contributed by atoms with Crippen LogP contribution in [0.1, 0.15) is 20.3 Å². The monoisotopic (exact) mass is 234 g/mol. The Morgan fingerprint density at radius 1 is 1.60 bits per heavy atom. The van der Waals surface area contributed by atoms with Crippen LogP contribution in [-0.4, -0.2) is 53.2 Å². The fraction of sp³-hybridized carbons (Fsp3) is 0.900. The highest BCUT2D eigenvalue weighted by Crippen LogP contribution is 2.06. The molecule has 0 aromatic heterocycles. The maximum atomic E-state index is 11.7. The van der Waals surface area contributed by atoms with Gasteiger partial charge in [0.25, 0.3) is 0 Å². The van der Waals surface area contributed by atoms with Gasteiger partial charge in [-0.3, -0.25) is 4.79 Å². The highest BCUT2D eigenvalue weighted by atomic mass is 32.2. The third-order valence-corrected chi connectivity index (χ3v) is 2.59. The number of hydrogen-bond acceptors (Lipinski definition) is 4. The van der Waals surface area contributed by atoms with Crippen LogP contribution in [0.25, 0.3) is 0 Å². The van der Waals surface area contributed by atoms with E-state index in [0.29, 0.717) is 13.0 Å². The van der Waals surface area contributed by atoms with E-state index in [1.54, 1.807) is 32.7 Å². The van der Waals surface area contributed by atoms with Crippen molar-refractivity contribution in [3.63, 3.8) is 0 Å². The highest BCUT2D eigenvalue weighted by molar-refractivity contribution is 7.98. The summed E-state index contributed by atoms with van der Waals surface area (Å²) in [6.07, 6.45) is 2.66. The van der Waals surface area contributed by atoms with E-state index in [4.69, 9.17) is 5.73 Å². The molecule has 0 unspecified atom stereocenters. The average molecular weight is 234 g/mol. The first-order chi connectivity index (χ1) is 6.78. The van der Waals surface area contributed by atoms with Crippen LogP contribution >= 0.6 is 11.8 Å². The molecule has 0 heterocycles. The summed E-state index contributed by atoms with van der Waals surface area (Å²) < 4.78 is 0. The Kier molecular flexibility index (Phi) is 6.24. The third kappa shape index (κ3) is 6.76. The van der Waals surface area contributed by atoms with E-state index in [0.717, 1.165) is 5.75 Å². The van der Waals surface area contributed by atoms with E-state index < -0.39 is 11.6 Å². The fourth-order valence-corrected chi connectivity index (χ4v) is 1.80. The Morgan fingerprint density at radius 3 is 2.53 bits per heavy atom. The second-order valence-corrected chi connectivity index (χ2v) is 5.38. The number of nitrogens with zero attached hydrogens (tertiary/aromatic N) is 1. The van der Waals surface area contributed by atoms with Gasteiger partial charge in [0.15, 0.2) is 0 Å². The molecule has 3 N–H and O–H groups in total. The van der Waals surface area contributed by atoms with Crippen molar-refractivity contribution >= 4 is 17.7 Å². The molecule has 4 nitrogen and oxygen atoms in total. The van der Waals surface area contributed by atoms with E-state index in [1.807, 2.05) is 6.26 Å². The standard InChI is InChI=1S/C10H22N2O2S/c1-10(2,14)7-12(3)9(13)8(11)5-6-15-4/h8,14H,5-7,11H2,1-4H3/t8-/m0/s1. The van der Waals surface area contributed by atoms with Gasteiger partial charge in [0.05, 0.1) is 11.6 Å². The molecule has 0 aliphatic rings. The second kappa shape index (κ2) is 6.35. The quantitative estimate of drug-likeness (QED) is 0.693. The molecule has 0 aromatic rings. The maximum absolute atomic E-state index is 11.7. The van der Waals surface area contributed by atoms with Gasteiger partial charge in [-0.2, -0.15) is 11.8 Å². The summed E-state index contributed by atoms with van der Waals surface area (Å²) in [5, 5.41) is 9.56. The van der Waals surface area contributed by atoms with E-state index in [1.165, 1.54) is 4.90 Å². The summed E-state index contributed by atoms with van der Waals surface area (Å²) in [7, 11) is 1.67. The molecule has 0 saturated heterocycles. The molecule has 0 radical (unpaired) electrons. The van der Waals surface area contributed by atoms with E-state index >= 15 is 0 Å². The third-order valence-electron chi connectivity index (χ3n) is 1.95. The van der Waals surface area contributed by atoms with Gasteiger partial charge in [0.1, 0.15) is 0 Å². The lowest BCUT2D eigenvalue weighted by Crippen LogP contribution is -2.47. The van der Waals surface area contributed by atoms with Crippen molar-refractivity contribution in [1.82, 2.24) is 4.90 Å². The summed E-state index contributed by atoms with van der Waals surface area (Å²) in [4.78, 5) is 13.2. The summed E-state index contributed by atoms with van der Waals surface area (Å²) >= 11 is 1.67. The number of nitrogens with two attached hydrogens (primary N) is 1. The normalized spacial score (nSPS) is 13.7. The minimum absolute atomic E-state index is 0.105. The van der Waals surface area contributed by atoms with Gasteiger partial charge in [0, 0.05) is 13.6 Å². The minimum atomic E-state index is -0.871. The van der Waals surface area contributed by atoms with Gasteiger partial charge < -0.3 is 15.7 Å². The van der Waals surface area contributed by atoms with Crippen molar-refractivity contribution in [3.8, 4) is 0 Å². The van der Waals surface area contributed by atoms with Gasteiger partial charge in [0.2, 0.25) is 5.91 Å². The Labute approximate surface area is 96.2 Å². The zero-order valence-electron chi connectivity index (χ0n) is 9.99. The topological polar surface area (TPSA) is 66.6 Å². The lowest BCUT2D eigenvalue weighted by Gasteiger charge is -2.27. The molecule has 15 heavy (non-hydrogen) atoms. The number of thioether (sulfide) groups is 1. The molecule has 1 amide bonds. The molecule has 0 bridgehead atoms. The molecule has 0 aliphatic carbocycles. The number of carbonyl (C=O) groups is 1. The predicted octanol–water partition coefficient (Wildman–Crippen LogP) is 0.296. The summed E-state index contributed by atoms with van der Waals surface area (Å²) in [5.74, 6) is 0.773. The summed E-state index contributed by atoms with van der Waals surface area (Å²) in [6, 6.07) is -0.454. The van der Waals surface area contributed by atoms with Crippen molar-refractivity contribution < 1.29 is 9.90 Å². The van der Waals surface area contributed by atoms with Crippen molar-refractivity contribution in [2.75, 3.05) is 25.6 Å². The van der Waals surface area contributed by atoms with E-state index in [9.17, 15) is 9.90 Å². The number of likely N-dealkylation sites (N-methyl/N-ethyl adjacent to an activating group) is 1. The molecular weight excluding hydrogens is 212 g/mol. The number of aliphatic hydroxyl groups is 1. The first-order valence-electron chi connectivity index (χ1n) is 5.00. The molecule has 0 saturated carbocycles. The van der Waals surface area contributed by atoms with Gasteiger partial charge in [-0.25, -0.2) is 0 Å². The summed E-state index contributed by atoms with van der Waals surface area (Å²) in [5.41, 5.74) is 4.87. The molecule has 0 aliphatic heterocycles. The zero-order valence-corrected chi connectivity index (χ0v) is 10.8. The SMILES string of the molecule is CSCC[C@H](N)C(=O)N(C)CC(C)(C)O. The Morgan fingerprint density at radius 2 is 2.13 bits per heavy atom.